The van der Waals surface area contributed by atoms with E-state index in [1.54, 1.807) is 0 Å². The van der Waals surface area contributed by atoms with Crippen LogP contribution in [0.15, 0.2) is 24.4 Å². The normalized spacial score (nSPS) is 12.7. The fourth-order valence-electron chi connectivity index (χ4n) is 1.93. The molecule has 96 valence electrons. The molecule has 4 nitrogen and oxygen atoms in total. The van der Waals surface area contributed by atoms with E-state index in [1.807, 2.05) is 17.9 Å². The summed E-state index contributed by atoms with van der Waals surface area (Å²) in [6.45, 7) is 6.32. The van der Waals surface area contributed by atoms with Gasteiger partial charge in [0, 0.05) is 6.04 Å². The van der Waals surface area contributed by atoms with Crippen molar-refractivity contribution in [3.8, 4) is 5.69 Å². The quantitative estimate of drug-likeness (QED) is 0.898. The minimum Gasteiger partial charge on any atom is -0.312 e. The van der Waals surface area contributed by atoms with Gasteiger partial charge in [-0.05, 0) is 44.5 Å². The number of rotatable bonds is 4. The van der Waals surface area contributed by atoms with Gasteiger partial charge in [0.1, 0.15) is 0 Å². The zero-order valence-corrected chi connectivity index (χ0v) is 11.4. The summed E-state index contributed by atoms with van der Waals surface area (Å²) in [6.07, 6.45) is 2.99. The summed E-state index contributed by atoms with van der Waals surface area (Å²) in [5.41, 5.74) is 4.61. The molecule has 0 spiro atoms. The van der Waals surface area contributed by atoms with Crippen LogP contribution in [0.5, 0.6) is 0 Å². The Morgan fingerprint density at radius 1 is 1.39 bits per heavy atom. The average molecular weight is 244 g/mol. The van der Waals surface area contributed by atoms with Crippen molar-refractivity contribution in [2.24, 2.45) is 0 Å². The van der Waals surface area contributed by atoms with Crippen molar-refractivity contribution >= 4 is 0 Å². The van der Waals surface area contributed by atoms with Crippen molar-refractivity contribution in [2.75, 3.05) is 7.05 Å². The van der Waals surface area contributed by atoms with Crippen molar-refractivity contribution in [3.05, 3.63) is 41.2 Å². The van der Waals surface area contributed by atoms with Gasteiger partial charge in [-0.25, -0.2) is 4.68 Å². The van der Waals surface area contributed by atoms with Crippen LogP contribution in [0, 0.1) is 6.92 Å². The summed E-state index contributed by atoms with van der Waals surface area (Å²) in [7, 11) is 1.92. The van der Waals surface area contributed by atoms with Gasteiger partial charge < -0.3 is 5.32 Å². The molecule has 2 rings (SSSR count). The minimum atomic E-state index is 0.216. The second kappa shape index (κ2) is 5.31. The fourth-order valence-corrected chi connectivity index (χ4v) is 1.93. The molecule has 4 heteroatoms. The molecule has 0 saturated carbocycles. The van der Waals surface area contributed by atoms with Gasteiger partial charge in [-0.3, -0.25) is 0 Å². The zero-order valence-electron chi connectivity index (χ0n) is 11.4. The Labute approximate surface area is 108 Å². The van der Waals surface area contributed by atoms with Crippen LogP contribution < -0.4 is 5.32 Å². The number of hydrogen-bond donors (Lipinski definition) is 1. The predicted octanol–water partition coefficient (Wildman–Crippen LogP) is 2.42. The molecule has 1 N–H and O–H groups in total. The van der Waals surface area contributed by atoms with E-state index in [4.69, 9.17) is 0 Å². The summed E-state index contributed by atoms with van der Waals surface area (Å²) in [5.74, 6) is 0. The number of nitrogens with zero attached hydrogens (tertiary/aromatic N) is 3. The maximum absolute atomic E-state index is 4.23. The molecule has 1 aromatic carbocycles. The van der Waals surface area contributed by atoms with Crippen LogP contribution in [-0.2, 0) is 6.42 Å². The Balaban J connectivity index is 2.42. The van der Waals surface area contributed by atoms with Crippen LogP contribution in [0.1, 0.15) is 36.7 Å². The third-order valence-electron chi connectivity index (χ3n) is 3.26. The van der Waals surface area contributed by atoms with Crippen LogP contribution >= 0.6 is 0 Å². The Morgan fingerprint density at radius 2 is 2.17 bits per heavy atom. The van der Waals surface area contributed by atoms with Gasteiger partial charge in [0.2, 0.25) is 0 Å². The molecule has 0 saturated heterocycles. The zero-order chi connectivity index (χ0) is 13.1. The second-order valence-electron chi connectivity index (χ2n) is 4.58. The summed E-state index contributed by atoms with van der Waals surface area (Å²) in [6, 6.07) is 6.67. The van der Waals surface area contributed by atoms with E-state index >= 15 is 0 Å². The lowest BCUT2D eigenvalue weighted by molar-refractivity contribution is 0.630. The first-order valence-corrected chi connectivity index (χ1v) is 6.35. The van der Waals surface area contributed by atoms with Gasteiger partial charge in [-0.1, -0.05) is 24.3 Å². The molecule has 0 aliphatic heterocycles. The number of benzene rings is 1. The van der Waals surface area contributed by atoms with Gasteiger partial charge >= 0.3 is 0 Å². The molecular weight excluding hydrogens is 224 g/mol. The highest BCUT2D eigenvalue weighted by Gasteiger charge is 2.10. The molecule has 0 aliphatic carbocycles. The summed E-state index contributed by atoms with van der Waals surface area (Å²) in [5, 5.41) is 11.6. The number of aromatic nitrogens is 3. The van der Waals surface area contributed by atoms with Crippen LogP contribution in [0.25, 0.3) is 5.69 Å². The highest BCUT2D eigenvalue weighted by molar-refractivity contribution is 5.43. The van der Waals surface area contributed by atoms with E-state index < -0.39 is 0 Å². The Morgan fingerprint density at radius 3 is 2.83 bits per heavy atom. The average Bonchev–Trinajstić information content (AvgIpc) is 2.87. The maximum atomic E-state index is 4.23. The van der Waals surface area contributed by atoms with Crippen molar-refractivity contribution in [3.63, 3.8) is 0 Å². The topological polar surface area (TPSA) is 42.7 Å². The smallest absolute Gasteiger partial charge is 0.0998 e. The highest BCUT2D eigenvalue weighted by Crippen LogP contribution is 2.18. The van der Waals surface area contributed by atoms with Gasteiger partial charge in [0.25, 0.3) is 0 Å². The molecule has 0 fully saturated rings. The molecule has 1 atom stereocenters. The van der Waals surface area contributed by atoms with Gasteiger partial charge in [0.05, 0.1) is 17.6 Å². The van der Waals surface area contributed by atoms with Crippen molar-refractivity contribution < 1.29 is 0 Å². The van der Waals surface area contributed by atoms with Crippen LogP contribution in [0.2, 0.25) is 0 Å². The maximum Gasteiger partial charge on any atom is 0.0998 e. The molecule has 0 amide bonds. The first-order valence-electron chi connectivity index (χ1n) is 6.35. The standard InChI is InChI=1S/C14H20N4/c1-5-12-7-6-10(2)8-14(12)18-9-13(16-17-18)11(3)15-4/h6-9,11,15H,5H2,1-4H3. The number of nitrogens with one attached hydrogen (secondary N) is 1. The molecule has 0 radical (unpaired) electrons. The third-order valence-corrected chi connectivity index (χ3v) is 3.26. The Kier molecular flexibility index (Phi) is 3.77. The molecule has 1 unspecified atom stereocenters. The molecule has 18 heavy (non-hydrogen) atoms. The van der Waals surface area contributed by atoms with Gasteiger partial charge in [-0.2, -0.15) is 0 Å². The highest BCUT2D eigenvalue weighted by atomic mass is 15.4. The molecule has 1 aromatic heterocycles. The van der Waals surface area contributed by atoms with E-state index in [2.05, 4.69) is 54.6 Å². The summed E-state index contributed by atoms with van der Waals surface area (Å²) < 4.78 is 1.87. The van der Waals surface area contributed by atoms with Crippen molar-refractivity contribution in [1.82, 2.24) is 20.3 Å². The molecule has 1 heterocycles. The van der Waals surface area contributed by atoms with E-state index in [-0.39, 0.29) is 6.04 Å². The number of hydrogen-bond acceptors (Lipinski definition) is 3. The lowest BCUT2D eigenvalue weighted by atomic mass is 10.1. The van der Waals surface area contributed by atoms with Crippen LogP contribution in [0.3, 0.4) is 0 Å². The van der Waals surface area contributed by atoms with E-state index in [0.717, 1.165) is 17.8 Å². The van der Waals surface area contributed by atoms with Gasteiger partial charge in [-0.15, -0.1) is 5.10 Å². The Hall–Kier alpha value is -1.68. The minimum absolute atomic E-state index is 0.216. The molecule has 0 aliphatic rings. The molecule has 0 bridgehead atoms. The lowest BCUT2D eigenvalue weighted by Gasteiger charge is -2.08. The number of aryl methyl sites for hydroxylation is 2. The van der Waals surface area contributed by atoms with Crippen molar-refractivity contribution in [2.45, 2.75) is 33.2 Å². The molecule has 2 aromatic rings. The third kappa shape index (κ3) is 2.43. The van der Waals surface area contributed by atoms with Gasteiger partial charge in [0.15, 0.2) is 0 Å². The van der Waals surface area contributed by atoms with Crippen LogP contribution in [-0.4, -0.2) is 22.0 Å². The van der Waals surface area contributed by atoms with E-state index in [1.165, 1.54) is 11.1 Å². The monoisotopic (exact) mass is 244 g/mol. The summed E-state index contributed by atoms with van der Waals surface area (Å²) in [4.78, 5) is 0. The molecular formula is C14H20N4. The Bertz CT molecular complexity index is 530. The van der Waals surface area contributed by atoms with E-state index in [9.17, 15) is 0 Å². The first kappa shape index (κ1) is 12.8. The SMILES string of the molecule is CCc1ccc(C)cc1-n1cc(C(C)NC)nn1. The fraction of sp³-hybridized carbons (Fsp3) is 0.429. The first-order chi connectivity index (χ1) is 8.65. The van der Waals surface area contributed by atoms with Crippen LogP contribution in [0.4, 0.5) is 0 Å². The second-order valence-corrected chi connectivity index (χ2v) is 4.58. The van der Waals surface area contributed by atoms with E-state index in [0.29, 0.717) is 0 Å². The lowest BCUT2D eigenvalue weighted by Crippen LogP contribution is -2.12. The van der Waals surface area contributed by atoms with Crippen molar-refractivity contribution in [1.29, 1.82) is 0 Å². The largest absolute Gasteiger partial charge is 0.312 e. The predicted molar refractivity (Wildman–Crippen MR) is 72.9 cm³/mol. The summed E-state index contributed by atoms with van der Waals surface area (Å²) >= 11 is 0.